The van der Waals surface area contributed by atoms with E-state index < -0.39 is 24.0 Å². The topological polar surface area (TPSA) is 70.0 Å². The summed E-state index contributed by atoms with van der Waals surface area (Å²) >= 11 is 0. The zero-order valence-corrected chi connectivity index (χ0v) is 8.73. The molecule has 14 heavy (non-hydrogen) atoms. The zero-order chi connectivity index (χ0) is 10.9. The number of carbonyl (C=O) groups excluding carboxylic acids is 1. The smallest absolute Gasteiger partial charge is 0.412 e. The van der Waals surface area contributed by atoms with Gasteiger partial charge in [0.05, 0.1) is 0 Å². The van der Waals surface area contributed by atoms with E-state index in [1.165, 1.54) is 0 Å². The van der Waals surface area contributed by atoms with Crippen LogP contribution < -0.4 is 0 Å². The van der Waals surface area contributed by atoms with Crippen LogP contribution in [0.25, 0.3) is 0 Å². The van der Waals surface area contributed by atoms with E-state index in [4.69, 9.17) is 4.74 Å². The van der Waals surface area contributed by atoms with Crippen molar-refractivity contribution in [2.75, 3.05) is 6.54 Å². The van der Waals surface area contributed by atoms with Crippen LogP contribution in [0.4, 0.5) is 4.79 Å². The van der Waals surface area contributed by atoms with E-state index in [1.54, 1.807) is 20.8 Å². The van der Waals surface area contributed by atoms with Crippen molar-refractivity contribution in [3.05, 3.63) is 0 Å². The molecule has 1 fully saturated rings. The third-order valence-electron chi connectivity index (χ3n) is 1.96. The average molecular weight is 203 g/mol. The van der Waals surface area contributed by atoms with Crippen molar-refractivity contribution in [1.82, 2.24) is 4.90 Å². The molecule has 0 aromatic heterocycles. The molecule has 1 unspecified atom stereocenters. The summed E-state index contributed by atoms with van der Waals surface area (Å²) in [5, 5.41) is 18.6. The van der Waals surface area contributed by atoms with Crippen molar-refractivity contribution in [2.45, 2.75) is 45.1 Å². The minimum atomic E-state index is -1.13. The van der Waals surface area contributed by atoms with Crippen molar-refractivity contribution in [2.24, 2.45) is 0 Å². The molecule has 0 saturated carbocycles. The Morgan fingerprint density at radius 2 is 2.00 bits per heavy atom. The number of aliphatic hydroxyl groups is 2. The van der Waals surface area contributed by atoms with Gasteiger partial charge < -0.3 is 14.9 Å². The summed E-state index contributed by atoms with van der Waals surface area (Å²) in [6, 6.07) is 0. The summed E-state index contributed by atoms with van der Waals surface area (Å²) in [6.07, 6.45) is -2.19. The lowest BCUT2D eigenvalue weighted by Gasteiger charge is -2.26. The molecule has 1 rings (SSSR count). The highest BCUT2D eigenvalue weighted by atomic mass is 16.6. The fraction of sp³-hybridized carbons (Fsp3) is 0.889. The fourth-order valence-corrected chi connectivity index (χ4v) is 1.28. The predicted molar refractivity (Wildman–Crippen MR) is 49.6 cm³/mol. The summed E-state index contributed by atoms with van der Waals surface area (Å²) in [6.45, 7) is 5.59. The lowest BCUT2D eigenvalue weighted by atomic mass is 10.2. The van der Waals surface area contributed by atoms with Gasteiger partial charge in [-0.25, -0.2) is 4.79 Å². The van der Waals surface area contributed by atoms with Crippen molar-refractivity contribution < 1.29 is 19.7 Å². The van der Waals surface area contributed by atoms with Gasteiger partial charge in [-0.3, -0.25) is 4.90 Å². The maximum Gasteiger partial charge on any atom is 0.412 e. The number of rotatable bonds is 0. The minimum absolute atomic E-state index is 0.331. The molecule has 1 aliphatic heterocycles. The highest BCUT2D eigenvalue weighted by molar-refractivity contribution is 5.68. The van der Waals surface area contributed by atoms with Crippen molar-refractivity contribution in [3.8, 4) is 0 Å². The van der Waals surface area contributed by atoms with E-state index in [2.05, 4.69) is 0 Å². The minimum Gasteiger partial charge on any atom is -0.444 e. The van der Waals surface area contributed by atoms with Gasteiger partial charge >= 0.3 is 6.09 Å². The maximum atomic E-state index is 11.4. The number of ether oxygens (including phenoxy) is 1. The van der Waals surface area contributed by atoms with Crippen molar-refractivity contribution >= 4 is 6.09 Å². The molecule has 0 bridgehead atoms. The molecule has 1 amide bonds. The first kappa shape index (κ1) is 11.3. The summed E-state index contributed by atoms with van der Waals surface area (Å²) in [4.78, 5) is 12.6. The van der Waals surface area contributed by atoms with Crippen molar-refractivity contribution in [3.63, 3.8) is 0 Å². The number of amides is 1. The molecule has 0 aromatic carbocycles. The summed E-state index contributed by atoms with van der Waals surface area (Å²) in [5.74, 6) is 0. The SMILES string of the molecule is CC(C)(C)OC(=O)N1CC[C@@H](O)C1O. The molecule has 0 radical (unpaired) electrons. The number of aliphatic hydroxyl groups excluding tert-OH is 2. The number of likely N-dealkylation sites (tertiary alicyclic amines) is 1. The van der Waals surface area contributed by atoms with Gasteiger partial charge in [0.2, 0.25) is 0 Å². The molecule has 0 spiro atoms. The van der Waals surface area contributed by atoms with Gasteiger partial charge in [-0.05, 0) is 27.2 Å². The van der Waals surface area contributed by atoms with Crippen LogP contribution in [0, 0.1) is 0 Å². The Morgan fingerprint density at radius 1 is 1.43 bits per heavy atom. The monoisotopic (exact) mass is 203 g/mol. The molecule has 1 aliphatic rings. The van der Waals surface area contributed by atoms with Crippen LogP contribution in [0.5, 0.6) is 0 Å². The Balaban J connectivity index is 2.54. The van der Waals surface area contributed by atoms with Gasteiger partial charge in [-0.1, -0.05) is 0 Å². The number of nitrogens with zero attached hydrogens (tertiary/aromatic N) is 1. The van der Waals surface area contributed by atoms with Crippen LogP contribution in [0.2, 0.25) is 0 Å². The second-order valence-corrected chi connectivity index (χ2v) is 4.44. The predicted octanol–water partition coefficient (Wildman–Crippen LogP) is 0.307. The first-order chi connectivity index (χ1) is 6.31. The van der Waals surface area contributed by atoms with Gasteiger partial charge in [-0.15, -0.1) is 0 Å². The zero-order valence-electron chi connectivity index (χ0n) is 8.73. The molecule has 5 heteroatoms. The Kier molecular flexibility index (Phi) is 3.01. The first-order valence-corrected chi connectivity index (χ1v) is 4.67. The number of carbonyl (C=O) groups is 1. The standard InChI is InChI=1S/C9H17NO4/c1-9(2,3)14-8(13)10-5-4-6(11)7(10)12/h6-7,11-12H,4-5H2,1-3H3/t6-,7?/m1/s1. The second kappa shape index (κ2) is 3.74. The summed E-state index contributed by atoms with van der Waals surface area (Å²) in [7, 11) is 0. The third-order valence-corrected chi connectivity index (χ3v) is 1.96. The average Bonchev–Trinajstić information content (AvgIpc) is 2.29. The van der Waals surface area contributed by atoms with E-state index >= 15 is 0 Å². The van der Waals surface area contributed by atoms with E-state index in [0.717, 1.165) is 4.90 Å². The molecular formula is C9H17NO4. The quantitative estimate of drug-likeness (QED) is 0.594. The highest BCUT2D eigenvalue weighted by Gasteiger charge is 2.36. The van der Waals surface area contributed by atoms with Gasteiger partial charge in [-0.2, -0.15) is 0 Å². The molecule has 1 heterocycles. The van der Waals surface area contributed by atoms with Crippen molar-refractivity contribution in [1.29, 1.82) is 0 Å². The van der Waals surface area contributed by atoms with E-state index in [1.807, 2.05) is 0 Å². The maximum absolute atomic E-state index is 11.4. The third kappa shape index (κ3) is 2.59. The normalized spacial score (nSPS) is 27.9. The Labute approximate surface area is 83.3 Å². The van der Waals surface area contributed by atoms with E-state index in [0.29, 0.717) is 13.0 Å². The Morgan fingerprint density at radius 3 is 2.36 bits per heavy atom. The van der Waals surface area contributed by atoms with Crippen LogP contribution in [-0.2, 0) is 4.74 Å². The van der Waals surface area contributed by atoms with Crippen LogP contribution in [0.3, 0.4) is 0 Å². The molecule has 5 nitrogen and oxygen atoms in total. The Hall–Kier alpha value is -0.810. The molecular weight excluding hydrogens is 186 g/mol. The van der Waals surface area contributed by atoms with Crippen LogP contribution in [0.15, 0.2) is 0 Å². The first-order valence-electron chi connectivity index (χ1n) is 4.67. The lowest BCUT2D eigenvalue weighted by Crippen LogP contribution is -2.42. The van der Waals surface area contributed by atoms with Crippen LogP contribution >= 0.6 is 0 Å². The van der Waals surface area contributed by atoms with Gasteiger partial charge in [0.25, 0.3) is 0 Å². The lowest BCUT2D eigenvalue weighted by molar-refractivity contribution is -0.0485. The highest BCUT2D eigenvalue weighted by Crippen LogP contribution is 2.19. The second-order valence-electron chi connectivity index (χ2n) is 4.44. The molecule has 1 saturated heterocycles. The van der Waals surface area contributed by atoms with Gasteiger partial charge in [0, 0.05) is 6.54 Å². The molecule has 0 aromatic rings. The number of hydrogen-bond acceptors (Lipinski definition) is 4. The largest absolute Gasteiger partial charge is 0.444 e. The summed E-state index contributed by atoms with van der Waals surface area (Å²) < 4.78 is 5.06. The van der Waals surface area contributed by atoms with E-state index in [-0.39, 0.29) is 0 Å². The van der Waals surface area contributed by atoms with E-state index in [9.17, 15) is 15.0 Å². The fourth-order valence-electron chi connectivity index (χ4n) is 1.28. The van der Waals surface area contributed by atoms with Gasteiger partial charge in [0.15, 0.2) is 6.23 Å². The molecule has 2 N–H and O–H groups in total. The molecule has 2 atom stereocenters. The van der Waals surface area contributed by atoms with Crippen LogP contribution in [-0.4, -0.2) is 45.7 Å². The Bertz CT molecular complexity index is 223. The molecule has 0 aliphatic carbocycles. The van der Waals surface area contributed by atoms with Crippen LogP contribution in [0.1, 0.15) is 27.2 Å². The number of hydrogen-bond donors (Lipinski definition) is 2. The molecule has 82 valence electrons. The summed E-state index contributed by atoms with van der Waals surface area (Å²) in [5.41, 5.74) is -0.579. The van der Waals surface area contributed by atoms with Gasteiger partial charge in [0.1, 0.15) is 11.7 Å².